The minimum Gasteiger partial charge on any atom is -0.402 e. The Balaban J connectivity index is 2.57. The summed E-state index contributed by atoms with van der Waals surface area (Å²) in [7, 11) is -1.78. The highest BCUT2D eigenvalue weighted by atomic mass is 35.5. The van der Waals surface area contributed by atoms with E-state index in [1.165, 1.54) is 6.20 Å². The van der Waals surface area contributed by atoms with Gasteiger partial charge in [-0.05, 0) is 6.07 Å². The van der Waals surface area contributed by atoms with Crippen LogP contribution >= 0.6 is 11.6 Å². The molecule has 0 spiro atoms. The summed E-state index contributed by atoms with van der Waals surface area (Å²) in [6.45, 7) is 0.0321. The van der Waals surface area contributed by atoms with Crippen molar-refractivity contribution in [2.75, 3.05) is 0 Å². The number of hydrogen-bond acceptors (Lipinski definition) is 4. The fraction of sp³-hybridized carbons (Fsp3) is 0.167. The fourth-order valence-electron chi connectivity index (χ4n) is 0.681. The number of hydrogen-bond donors (Lipinski definition) is 2. The normalized spacial score (nSPS) is 9.92. The molecule has 0 aliphatic heterocycles. The molecule has 0 aliphatic rings. The van der Waals surface area contributed by atoms with Crippen LogP contribution in [0.3, 0.4) is 0 Å². The van der Waals surface area contributed by atoms with Gasteiger partial charge in [-0.15, -0.1) is 0 Å². The number of rotatable bonds is 3. The maximum absolute atomic E-state index is 8.37. The lowest BCUT2D eigenvalue weighted by atomic mass is 10.2. The first kappa shape index (κ1) is 9.47. The summed E-state index contributed by atoms with van der Waals surface area (Å²) < 4.78 is 4.50. The molecule has 64 valence electrons. The van der Waals surface area contributed by atoms with E-state index in [-0.39, 0.29) is 6.61 Å². The lowest BCUT2D eigenvalue weighted by Crippen LogP contribution is -2.16. The van der Waals surface area contributed by atoms with Gasteiger partial charge in [0.2, 0.25) is 0 Å². The number of halogens is 1. The number of nitrogens with zero attached hydrogens (tertiary/aromatic N) is 1. The highest BCUT2D eigenvalue weighted by Crippen LogP contribution is 2.13. The highest BCUT2D eigenvalue weighted by Gasteiger charge is 2.09. The topological polar surface area (TPSA) is 62.6 Å². The van der Waals surface area contributed by atoms with Gasteiger partial charge in [0.15, 0.2) is 0 Å². The van der Waals surface area contributed by atoms with Crippen LogP contribution in [-0.4, -0.2) is 22.4 Å². The Morgan fingerprint density at radius 1 is 1.58 bits per heavy atom. The summed E-state index contributed by atoms with van der Waals surface area (Å²) in [6.07, 6.45) is 3.05. The zero-order valence-electron chi connectivity index (χ0n) is 6.14. The first-order chi connectivity index (χ1) is 5.70. The Bertz CT molecular complexity index is 258. The minimum absolute atomic E-state index is 0.0321. The van der Waals surface area contributed by atoms with Gasteiger partial charge < -0.3 is 14.7 Å². The van der Waals surface area contributed by atoms with Crippen molar-refractivity contribution in [3.63, 3.8) is 0 Å². The molecule has 0 bridgehead atoms. The van der Waals surface area contributed by atoms with Crippen molar-refractivity contribution >= 4 is 18.9 Å². The molecule has 6 heteroatoms. The van der Waals surface area contributed by atoms with Gasteiger partial charge in [0, 0.05) is 23.0 Å². The summed E-state index contributed by atoms with van der Waals surface area (Å²) in [5.41, 5.74) is 0.618. The van der Waals surface area contributed by atoms with E-state index < -0.39 is 7.32 Å². The monoisotopic (exact) mass is 187 g/mol. The van der Waals surface area contributed by atoms with E-state index in [2.05, 4.69) is 9.64 Å². The molecule has 4 nitrogen and oxygen atoms in total. The van der Waals surface area contributed by atoms with E-state index in [4.69, 9.17) is 21.6 Å². The second kappa shape index (κ2) is 4.42. The second-order valence-electron chi connectivity index (χ2n) is 2.10. The summed E-state index contributed by atoms with van der Waals surface area (Å²) in [6, 6.07) is 1.60. The van der Waals surface area contributed by atoms with Crippen molar-refractivity contribution in [1.29, 1.82) is 0 Å². The Morgan fingerprint density at radius 3 is 2.92 bits per heavy atom. The molecule has 0 aromatic carbocycles. The van der Waals surface area contributed by atoms with Crippen molar-refractivity contribution in [3.05, 3.63) is 29.0 Å². The molecule has 1 aromatic rings. The van der Waals surface area contributed by atoms with Crippen molar-refractivity contribution < 1.29 is 14.7 Å². The van der Waals surface area contributed by atoms with Gasteiger partial charge in [0.05, 0.1) is 6.61 Å². The fourth-order valence-corrected chi connectivity index (χ4v) is 0.840. The maximum Gasteiger partial charge on any atom is 0.634 e. The van der Waals surface area contributed by atoms with Crippen molar-refractivity contribution in [1.82, 2.24) is 4.98 Å². The molecule has 0 unspecified atom stereocenters. The Kier molecular flexibility index (Phi) is 3.49. The average molecular weight is 187 g/mol. The molecule has 0 saturated heterocycles. The van der Waals surface area contributed by atoms with Gasteiger partial charge in [0.25, 0.3) is 0 Å². The van der Waals surface area contributed by atoms with Crippen LogP contribution in [0.5, 0.6) is 0 Å². The molecular formula is C6H7BClNO3. The lowest BCUT2D eigenvalue weighted by molar-refractivity contribution is 0.176. The molecule has 0 aliphatic carbocycles. The summed E-state index contributed by atoms with van der Waals surface area (Å²) >= 11 is 5.72. The summed E-state index contributed by atoms with van der Waals surface area (Å²) in [5.74, 6) is 0. The van der Waals surface area contributed by atoms with Crippen LogP contribution < -0.4 is 0 Å². The lowest BCUT2D eigenvalue weighted by Gasteiger charge is -2.03. The van der Waals surface area contributed by atoms with Crippen LogP contribution in [0.4, 0.5) is 0 Å². The third-order valence-corrected chi connectivity index (χ3v) is 1.60. The molecule has 12 heavy (non-hydrogen) atoms. The van der Waals surface area contributed by atoms with Gasteiger partial charge in [-0.1, -0.05) is 11.6 Å². The van der Waals surface area contributed by atoms with Crippen LogP contribution in [0, 0.1) is 0 Å². The Morgan fingerprint density at radius 2 is 2.33 bits per heavy atom. The van der Waals surface area contributed by atoms with Gasteiger partial charge in [-0.3, -0.25) is 4.98 Å². The van der Waals surface area contributed by atoms with Crippen molar-refractivity contribution in [2.24, 2.45) is 0 Å². The van der Waals surface area contributed by atoms with Crippen molar-refractivity contribution in [3.8, 4) is 0 Å². The highest BCUT2D eigenvalue weighted by molar-refractivity contribution is 6.33. The molecule has 1 aromatic heterocycles. The standard InChI is InChI=1S/C6H7BClNO3/c8-6-1-2-9-3-5(6)4-12-7(10)11/h1-3,10-11H,4H2. The van der Waals surface area contributed by atoms with E-state index >= 15 is 0 Å². The number of pyridine rings is 1. The van der Waals surface area contributed by atoms with E-state index in [1.54, 1.807) is 12.3 Å². The van der Waals surface area contributed by atoms with E-state index in [9.17, 15) is 0 Å². The Labute approximate surface area is 74.9 Å². The smallest absolute Gasteiger partial charge is 0.402 e. The van der Waals surface area contributed by atoms with Gasteiger partial charge in [-0.2, -0.15) is 0 Å². The summed E-state index contributed by atoms with van der Waals surface area (Å²) in [4.78, 5) is 3.80. The van der Waals surface area contributed by atoms with Gasteiger partial charge in [0.1, 0.15) is 0 Å². The van der Waals surface area contributed by atoms with Crippen LogP contribution in [0.1, 0.15) is 5.56 Å². The van der Waals surface area contributed by atoms with Crippen molar-refractivity contribution in [2.45, 2.75) is 6.61 Å². The predicted octanol–water partition coefficient (Wildman–Crippen LogP) is 0.221. The molecule has 0 amide bonds. The van der Waals surface area contributed by atoms with Gasteiger partial charge in [-0.25, -0.2) is 0 Å². The van der Waals surface area contributed by atoms with Crippen LogP contribution in [-0.2, 0) is 11.3 Å². The third-order valence-electron chi connectivity index (χ3n) is 1.23. The molecule has 0 fully saturated rings. The molecule has 1 rings (SSSR count). The number of aromatic nitrogens is 1. The SMILES string of the molecule is OB(O)OCc1cnccc1Cl. The van der Waals surface area contributed by atoms with Gasteiger partial charge >= 0.3 is 7.32 Å². The zero-order chi connectivity index (χ0) is 8.97. The zero-order valence-corrected chi connectivity index (χ0v) is 6.90. The third kappa shape index (κ3) is 2.79. The van der Waals surface area contributed by atoms with E-state index in [0.717, 1.165) is 0 Å². The predicted molar refractivity (Wildman–Crippen MR) is 44.2 cm³/mol. The molecule has 0 saturated carbocycles. The largest absolute Gasteiger partial charge is 0.634 e. The molecule has 2 N–H and O–H groups in total. The Hall–Kier alpha value is -0.615. The average Bonchev–Trinajstić information content (AvgIpc) is 2.03. The molecule has 1 heterocycles. The molecular weight excluding hydrogens is 180 g/mol. The quantitative estimate of drug-likeness (QED) is 0.665. The van der Waals surface area contributed by atoms with E-state index in [0.29, 0.717) is 10.6 Å². The minimum atomic E-state index is -1.78. The summed E-state index contributed by atoms with van der Waals surface area (Å²) in [5, 5.41) is 17.2. The first-order valence-corrected chi connectivity index (χ1v) is 3.64. The molecule has 0 atom stereocenters. The van der Waals surface area contributed by atoms with Crippen LogP contribution in [0.25, 0.3) is 0 Å². The molecule has 0 radical (unpaired) electrons. The maximum atomic E-state index is 8.37. The van der Waals surface area contributed by atoms with E-state index in [1.807, 2.05) is 0 Å². The van der Waals surface area contributed by atoms with Crippen LogP contribution in [0.2, 0.25) is 5.02 Å². The first-order valence-electron chi connectivity index (χ1n) is 3.26. The second-order valence-corrected chi connectivity index (χ2v) is 2.51. The van der Waals surface area contributed by atoms with Crippen LogP contribution in [0.15, 0.2) is 18.5 Å².